The van der Waals surface area contributed by atoms with Crippen LogP contribution < -0.4 is 15.8 Å². The zero-order valence-electron chi connectivity index (χ0n) is 20.7. The summed E-state index contributed by atoms with van der Waals surface area (Å²) in [6, 6.07) is 9.77. The summed E-state index contributed by atoms with van der Waals surface area (Å²) in [7, 11) is 1.38. The molecule has 3 rings (SSSR count). The molecule has 2 atom stereocenters. The van der Waals surface area contributed by atoms with E-state index in [0.29, 0.717) is 12.0 Å². The van der Waals surface area contributed by atoms with Gasteiger partial charge in [0.1, 0.15) is 18.9 Å². The minimum absolute atomic E-state index is 0.00247. The normalized spacial score (nSPS) is 15.9. The van der Waals surface area contributed by atoms with Gasteiger partial charge in [0.05, 0.1) is 0 Å². The van der Waals surface area contributed by atoms with Crippen LogP contribution in [0.15, 0.2) is 47.6 Å². The van der Waals surface area contributed by atoms with E-state index in [2.05, 4.69) is 20.0 Å². The molecule has 0 aromatic heterocycles. The quantitative estimate of drug-likeness (QED) is 0.189. The van der Waals surface area contributed by atoms with E-state index < -0.39 is 36.5 Å². The lowest BCUT2D eigenvalue weighted by atomic mass is 9.98. The Balaban J connectivity index is 1.71. The molecule has 2 aromatic rings. The summed E-state index contributed by atoms with van der Waals surface area (Å²) in [4.78, 5) is 44.2. The van der Waals surface area contributed by atoms with E-state index in [1.807, 2.05) is 0 Å². The smallest absolute Gasteiger partial charge is 0.387 e. The van der Waals surface area contributed by atoms with Gasteiger partial charge in [0, 0.05) is 35.7 Å². The topological polar surface area (TPSA) is 133 Å². The number of nitrogens with zero attached hydrogens (tertiary/aromatic N) is 2. The number of hydrogen-bond acceptors (Lipinski definition) is 7. The highest BCUT2D eigenvalue weighted by Gasteiger charge is 2.42. The molecule has 1 aliphatic heterocycles. The molecule has 13 heteroatoms. The Hall–Kier alpha value is -3.93. The number of carbonyl (C=O) groups is 3. The van der Waals surface area contributed by atoms with Crippen LogP contribution in [0, 0.1) is 0 Å². The molecule has 1 fully saturated rings. The average Bonchev–Trinajstić information content (AvgIpc) is 2.84. The van der Waals surface area contributed by atoms with Gasteiger partial charge in [-0.05, 0) is 30.2 Å². The number of ether oxygens (including phenoxy) is 2. The third kappa shape index (κ3) is 7.31. The standard InChI is InChI=1S/C25H27ClF2N4O6/c1-3-20(33)38-21(16-10-17(26)12-18(11-16)37-25(27)28)24(35)32-9-8-19(32)23(34)30-13-14-4-6-15(7-5-14)22(29)31-36-2/h4-7,10-12,19,21,25H,3,8-9,13H2,1-2H3,(H2,29,31)(H,30,34)/t19-,21+/m0/s1. The SMILES string of the molecule is CCC(=O)O[C@@H](C(=O)N1CC[C@H]1C(=O)NCc1ccc(/C(N)=N/OC)cc1)c1cc(Cl)cc(OC(F)F)c1. The summed E-state index contributed by atoms with van der Waals surface area (Å²) in [5.74, 6) is -1.87. The molecule has 0 unspecified atom stereocenters. The molecule has 2 amide bonds. The number of amides is 2. The highest BCUT2D eigenvalue weighted by molar-refractivity contribution is 6.30. The van der Waals surface area contributed by atoms with Gasteiger partial charge in [0.2, 0.25) is 12.0 Å². The maximum Gasteiger partial charge on any atom is 0.387 e. The summed E-state index contributed by atoms with van der Waals surface area (Å²) in [5.41, 5.74) is 7.24. The summed E-state index contributed by atoms with van der Waals surface area (Å²) >= 11 is 6.03. The van der Waals surface area contributed by atoms with E-state index in [1.165, 1.54) is 25.0 Å². The lowest BCUT2D eigenvalue weighted by Gasteiger charge is -2.41. The summed E-state index contributed by atoms with van der Waals surface area (Å²) in [6.45, 7) is -1.15. The van der Waals surface area contributed by atoms with Gasteiger partial charge in [0.15, 0.2) is 5.84 Å². The van der Waals surface area contributed by atoms with Crippen molar-refractivity contribution in [2.45, 2.75) is 45.1 Å². The second-order valence-electron chi connectivity index (χ2n) is 8.23. The number of esters is 1. The second kappa shape index (κ2) is 13.0. The minimum Gasteiger partial charge on any atom is -0.447 e. The van der Waals surface area contributed by atoms with Crippen molar-refractivity contribution in [1.29, 1.82) is 0 Å². The van der Waals surface area contributed by atoms with Crippen LogP contribution in [-0.2, 0) is 30.5 Å². The number of likely N-dealkylation sites (tertiary alicyclic amines) is 1. The van der Waals surface area contributed by atoms with Crippen LogP contribution in [0.4, 0.5) is 8.78 Å². The number of rotatable bonds is 11. The molecule has 38 heavy (non-hydrogen) atoms. The molecule has 1 saturated heterocycles. The predicted octanol–water partition coefficient (Wildman–Crippen LogP) is 3.12. The van der Waals surface area contributed by atoms with Gasteiger partial charge in [0.25, 0.3) is 5.91 Å². The number of nitrogens with two attached hydrogens (primary N) is 1. The fourth-order valence-corrected chi connectivity index (χ4v) is 3.94. The van der Waals surface area contributed by atoms with Crippen LogP contribution >= 0.6 is 11.6 Å². The predicted molar refractivity (Wildman–Crippen MR) is 133 cm³/mol. The van der Waals surface area contributed by atoms with E-state index in [0.717, 1.165) is 17.7 Å². The number of hydrogen-bond donors (Lipinski definition) is 2. The van der Waals surface area contributed by atoms with Gasteiger partial charge in [-0.25, -0.2) is 0 Å². The van der Waals surface area contributed by atoms with Crippen LogP contribution in [0.5, 0.6) is 5.75 Å². The molecule has 3 N–H and O–H groups in total. The van der Waals surface area contributed by atoms with Crippen LogP contribution in [0.1, 0.15) is 42.6 Å². The van der Waals surface area contributed by atoms with Gasteiger partial charge in [-0.1, -0.05) is 47.9 Å². The maximum absolute atomic E-state index is 13.4. The van der Waals surface area contributed by atoms with Crippen molar-refractivity contribution in [3.8, 4) is 5.75 Å². The monoisotopic (exact) mass is 552 g/mol. The summed E-state index contributed by atoms with van der Waals surface area (Å²) in [5, 5.41) is 6.44. The lowest BCUT2D eigenvalue weighted by Crippen LogP contribution is -2.59. The molecule has 0 radical (unpaired) electrons. The first-order chi connectivity index (χ1) is 18.1. The Labute approximate surface area is 222 Å². The highest BCUT2D eigenvalue weighted by atomic mass is 35.5. The molecule has 2 aromatic carbocycles. The third-order valence-electron chi connectivity index (χ3n) is 5.70. The van der Waals surface area contributed by atoms with Crippen LogP contribution in [-0.4, -0.2) is 54.8 Å². The largest absolute Gasteiger partial charge is 0.447 e. The van der Waals surface area contributed by atoms with Gasteiger partial charge in [-0.3, -0.25) is 14.4 Å². The van der Waals surface area contributed by atoms with Gasteiger partial charge < -0.3 is 30.3 Å². The Morgan fingerprint density at radius 1 is 1.21 bits per heavy atom. The first kappa shape index (κ1) is 28.6. The minimum atomic E-state index is -3.12. The van der Waals surface area contributed by atoms with Crippen molar-refractivity contribution in [3.63, 3.8) is 0 Å². The van der Waals surface area contributed by atoms with E-state index in [9.17, 15) is 23.2 Å². The zero-order chi connectivity index (χ0) is 27.8. The molecule has 204 valence electrons. The Morgan fingerprint density at radius 3 is 2.50 bits per heavy atom. The van der Waals surface area contributed by atoms with E-state index >= 15 is 0 Å². The van der Waals surface area contributed by atoms with Crippen molar-refractivity contribution in [2.24, 2.45) is 10.9 Å². The van der Waals surface area contributed by atoms with Crippen molar-refractivity contribution in [2.75, 3.05) is 13.7 Å². The maximum atomic E-state index is 13.4. The summed E-state index contributed by atoms with van der Waals surface area (Å²) in [6.07, 6.45) is -1.13. The van der Waals surface area contributed by atoms with Crippen LogP contribution in [0.25, 0.3) is 0 Å². The van der Waals surface area contributed by atoms with E-state index in [1.54, 1.807) is 24.3 Å². The number of alkyl halides is 2. The van der Waals surface area contributed by atoms with Crippen molar-refractivity contribution in [3.05, 3.63) is 64.2 Å². The molecule has 0 bridgehead atoms. The molecule has 10 nitrogen and oxygen atoms in total. The number of amidine groups is 1. The average molecular weight is 553 g/mol. The first-order valence-electron chi connectivity index (χ1n) is 11.6. The number of benzene rings is 2. The number of nitrogens with one attached hydrogen (secondary N) is 1. The van der Waals surface area contributed by atoms with E-state index in [4.69, 9.17) is 22.1 Å². The Kier molecular flexibility index (Phi) is 9.83. The number of halogens is 3. The number of carbonyl (C=O) groups excluding carboxylic acids is 3. The van der Waals surface area contributed by atoms with Gasteiger partial charge >= 0.3 is 12.6 Å². The van der Waals surface area contributed by atoms with Crippen molar-refractivity contribution < 1.29 is 37.5 Å². The lowest BCUT2D eigenvalue weighted by molar-refractivity contribution is -0.166. The fraction of sp³-hybridized carbons (Fsp3) is 0.360. The van der Waals surface area contributed by atoms with Gasteiger partial charge in [-0.15, -0.1) is 0 Å². The second-order valence-corrected chi connectivity index (χ2v) is 8.67. The Morgan fingerprint density at radius 2 is 1.92 bits per heavy atom. The molecule has 1 aliphatic rings. The molecule has 1 heterocycles. The van der Waals surface area contributed by atoms with Crippen molar-refractivity contribution >= 4 is 35.2 Å². The number of oxime groups is 1. The van der Waals surface area contributed by atoms with E-state index in [-0.39, 0.29) is 41.7 Å². The molecule has 0 saturated carbocycles. The third-order valence-corrected chi connectivity index (χ3v) is 5.91. The molecular weight excluding hydrogens is 526 g/mol. The molecule has 0 aliphatic carbocycles. The van der Waals surface area contributed by atoms with Crippen molar-refractivity contribution in [1.82, 2.24) is 10.2 Å². The fourth-order valence-electron chi connectivity index (χ4n) is 3.71. The zero-order valence-corrected chi connectivity index (χ0v) is 21.4. The first-order valence-corrected chi connectivity index (χ1v) is 12.0. The Bertz CT molecular complexity index is 1190. The molecule has 0 spiro atoms. The highest BCUT2D eigenvalue weighted by Crippen LogP contribution is 2.32. The summed E-state index contributed by atoms with van der Waals surface area (Å²) < 4.78 is 35.2. The van der Waals surface area contributed by atoms with Crippen LogP contribution in [0.2, 0.25) is 5.02 Å². The molecular formula is C25H27ClF2N4O6. The van der Waals surface area contributed by atoms with Gasteiger partial charge in [-0.2, -0.15) is 8.78 Å². The van der Waals surface area contributed by atoms with Crippen LogP contribution in [0.3, 0.4) is 0 Å².